The topological polar surface area (TPSA) is 69.6 Å². The van der Waals surface area contributed by atoms with Gasteiger partial charge in [-0.2, -0.15) is 4.68 Å². The fourth-order valence-electron chi connectivity index (χ4n) is 2.02. The van der Waals surface area contributed by atoms with E-state index in [4.69, 9.17) is 5.73 Å². The first kappa shape index (κ1) is 13.0. The molecule has 2 N–H and O–H groups in total. The van der Waals surface area contributed by atoms with Gasteiger partial charge >= 0.3 is 0 Å². The molecule has 0 atom stereocenters. The van der Waals surface area contributed by atoms with Crippen LogP contribution in [0.25, 0.3) is 16.4 Å². The zero-order valence-electron chi connectivity index (χ0n) is 11.4. The number of benzene rings is 1. The lowest BCUT2D eigenvalue weighted by Crippen LogP contribution is -2.02. The predicted octanol–water partition coefficient (Wildman–Crippen LogP) is 2.47. The number of thiazole rings is 1. The molecule has 1 aromatic carbocycles. The molecule has 0 saturated heterocycles. The number of nitrogens with zero attached hydrogens (tertiary/aromatic N) is 4. The molecule has 0 aliphatic heterocycles. The average Bonchev–Trinajstić information content (AvgIpc) is 3.05. The zero-order valence-corrected chi connectivity index (χ0v) is 12.2. The Morgan fingerprint density at radius 1 is 1.20 bits per heavy atom. The molecule has 0 aliphatic rings. The SMILES string of the molecule is Cc1ccc(-c2c(CN)nnn2-c2nc(C)cs2)cc1. The summed E-state index contributed by atoms with van der Waals surface area (Å²) in [6.07, 6.45) is 0. The summed E-state index contributed by atoms with van der Waals surface area (Å²) in [5.74, 6) is 0. The summed E-state index contributed by atoms with van der Waals surface area (Å²) in [6.45, 7) is 4.38. The Hall–Kier alpha value is -2.05. The van der Waals surface area contributed by atoms with Gasteiger partial charge in [-0.25, -0.2) is 4.98 Å². The Morgan fingerprint density at radius 2 is 1.95 bits per heavy atom. The summed E-state index contributed by atoms with van der Waals surface area (Å²) in [5.41, 5.74) is 10.7. The van der Waals surface area contributed by atoms with E-state index in [0.29, 0.717) is 6.54 Å². The number of nitrogens with two attached hydrogens (primary N) is 1. The Balaban J connectivity index is 2.17. The molecule has 0 amide bonds. The van der Waals surface area contributed by atoms with Gasteiger partial charge in [-0.3, -0.25) is 0 Å². The molecule has 3 aromatic rings. The van der Waals surface area contributed by atoms with Crippen LogP contribution < -0.4 is 5.73 Å². The molecule has 0 radical (unpaired) electrons. The molecule has 0 aliphatic carbocycles. The van der Waals surface area contributed by atoms with Crippen molar-refractivity contribution in [3.05, 3.63) is 46.6 Å². The van der Waals surface area contributed by atoms with Crippen LogP contribution in [0.5, 0.6) is 0 Å². The fourth-order valence-corrected chi connectivity index (χ4v) is 2.78. The fraction of sp³-hybridized carbons (Fsp3) is 0.214. The number of aromatic nitrogens is 4. The molecule has 102 valence electrons. The second-order valence-corrected chi connectivity index (χ2v) is 5.47. The highest BCUT2D eigenvalue weighted by atomic mass is 32.1. The second-order valence-electron chi connectivity index (χ2n) is 4.64. The zero-order chi connectivity index (χ0) is 14.1. The van der Waals surface area contributed by atoms with E-state index in [1.807, 2.05) is 12.3 Å². The van der Waals surface area contributed by atoms with Crippen LogP contribution in [0.1, 0.15) is 17.0 Å². The predicted molar refractivity (Wildman–Crippen MR) is 79.8 cm³/mol. The number of rotatable bonds is 3. The Morgan fingerprint density at radius 3 is 2.55 bits per heavy atom. The summed E-state index contributed by atoms with van der Waals surface area (Å²) in [7, 11) is 0. The summed E-state index contributed by atoms with van der Waals surface area (Å²) in [4.78, 5) is 4.47. The first-order chi connectivity index (χ1) is 9.69. The van der Waals surface area contributed by atoms with E-state index in [2.05, 4.69) is 46.5 Å². The first-order valence-corrected chi connectivity index (χ1v) is 7.21. The minimum atomic E-state index is 0.355. The third-order valence-electron chi connectivity index (χ3n) is 3.05. The molecule has 6 heteroatoms. The van der Waals surface area contributed by atoms with Gasteiger partial charge in [0, 0.05) is 17.5 Å². The van der Waals surface area contributed by atoms with Gasteiger partial charge in [0.05, 0.1) is 5.69 Å². The van der Waals surface area contributed by atoms with Crippen molar-refractivity contribution in [2.24, 2.45) is 5.73 Å². The van der Waals surface area contributed by atoms with Crippen molar-refractivity contribution in [2.75, 3.05) is 0 Å². The molecule has 0 spiro atoms. The third-order valence-corrected chi connectivity index (χ3v) is 3.98. The second kappa shape index (κ2) is 5.15. The Bertz CT molecular complexity index is 726. The van der Waals surface area contributed by atoms with E-state index >= 15 is 0 Å². The van der Waals surface area contributed by atoms with Gasteiger partial charge in [0.15, 0.2) is 0 Å². The van der Waals surface area contributed by atoms with Gasteiger partial charge in [0.1, 0.15) is 11.4 Å². The lowest BCUT2D eigenvalue weighted by atomic mass is 10.1. The number of hydrogen-bond acceptors (Lipinski definition) is 5. The van der Waals surface area contributed by atoms with Crippen molar-refractivity contribution in [2.45, 2.75) is 20.4 Å². The van der Waals surface area contributed by atoms with Gasteiger partial charge in [-0.1, -0.05) is 35.0 Å². The van der Waals surface area contributed by atoms with Crippen LogP contribution in [-0.2, 0) is 6.54 Å². The summed E-state index contributed by atoms with van der Waals surface area (Å²) >= 11 is 1.55. The minimum absolute atomic E-state index is 0.355. The van der Waals surface area contributed by atoms with Crippen LogP contribution in [0.2, 0.25) is 0 Å². The van der Waals surface area contributed by atoms with Crippen LogP contribution in [0.4, 0.5) is 0 Å². The molecule has 0 unspecified atom stereocenters. The molecule has 20 heavy (non-hydrogen) atoms. The molecular formula is C14H15N5S. The Kier molecular flexibility index (Phi) is 3.33. The number of hydrogen-bond donors (Lipinski definition) is 1. The summed E-state index contributed by atoms with van der Waals surface area (Å²) in [6, 6.07) is 8.26. The monoisotopic (exact) mass is 285 g/mol. The van der Waals surface area contributed by atoms with Gasteiger partial charge in [0.25, 0.3) is 0 Å². The van der Waals surface area contributed by atoms with E-state index in [9.17, 15) is 0 Å². The normalized spacial score (nSPS) is 10.9. The highest BCUT2D eigenvalue weighted by molar-refractivity contribution is 7.12. The average molecular weight is 285 g/mol. The highest BCUT2D eigenvalue weighted by Crippen LogP contribution is 2.26. The van der Waals surface area contributed by atoms with Crippen LogP contribution in [0, 0.1) is 13.8 Å². The molecule has 0 fully saturated rings. The molecule has 3 rings (SSSR count). The third kappa shape index (κ3) is 2.23. The lowest BCUT2D eigenvalue weighted by molar-refractivity contribution is 0.792. The molecule has 2 heterocycles. The van der Waals surface area contributed by atoms with Gasteiger partial charge in [-0.15, -0.1) is 16.4 Å². The number of aryl methyl sites for hydroxylation is 2. The van der Waals surface area contributed by atoms with E-state index in [0.717, 1.165) is 27.8 Å². The van der Waals surface area contributed by atoms with E-state index in [-0.39, 0.29) is 0 Å². The molecule has 2 aromatic heterocycles. The molecule has 0 bridgehead atoms. The van der Waals surface area contributed by atoms with E-state index in [1.54, 1.807) is 16.0 Å². The molecular weight excluding hydrogens is 270 g/mol. The van der Waals surface area contributed by atoms with Crippen molar-refractivity contribution in [3.8, 4) is 16.4 Å². The van der Waals surface area contributed by atoms with Crippen molar-refractivity contribution in [1.82, 2.24) is 20.0 Å². The van der Waals surface area contributed by atoms with Gasteiger partial charge < -0.3 is 5.73 Å². The maximum atomic E-state index is 5.78. The summed E-state index contributed by atoms with van der Waals surface area (Å²) in [5, 5.41) is 11.2. The smallest absolute Gasteiger partial charge is 0.212 e. The van der Waals surface area contributed by atoms with E-state index < -0.39 is 0 Å². The molecule has 0 saturated carbocycles. The quantitative estimate of drug-likeness (QED) is 0.802. The van der Waals surface area contributed by atoms with Gasteiger partial charge in [0.2, 0.25) is 5.13 Å². The Labute approximate surface area is 121 Å². The maximum absolute atomic E-state index is 5.78. The van der Waals surface area contributed by atoms with E-state index in [1.165, 1.54) is 5.56 Å². The minimum Gasteiger partial charge on any atom is -0.325 e. The lowest BCUT2D eigenvalue weighted by Gasteiger charge is -2.05. The van der Waals surface area contributed by atoms with Crippen molar-refractivity contribution in [1.29, 1.82) is 0 Å². The van der Waals surface area contributed by atoms with Crippen LogP contribution in [-0.4, -0.2) is 20.0 Å². The summed E-state index contributed by atoms with van der Waals surface area (Å²) < 4.78 is 1.77. The van der Waals surface area contributed by atoms with Gasteiger partial charge in [-0.05, 0) is 13.8 Å². The highest BCUT2D eigenvalue weighted by Gasteiger charge is 2.16. The van der Waals surface area contributed by atoms with Crippen molar-refractivity contribution >= 4 is 11.3 Å². The first-order valence-electron chi connectivity index (χ1n) is 6.33. The van der Waals surface area contributed by atoms with Crippen molar-refractivity contribution < 1.29 is 0 Å². The van der Waals surface area contributed by atoms with Crippen LogP contribution >= 0.6 is 11.3 Å². The van der Waals surface area contributed by atoms with Crippen LogP contribution in [0.3, 0.4) is 0 Å². The molecule has 5 nitrogen and oxygen atoms in total. The largest absolute Gasteiger partial charge is 0.325 e. The van der Waals surface area contributed by atoms with Crippen LogP contribution in [0.15, 0.2) is 29.6 Å². The maximum Gasteiger partial charge on any atom is 0.212 e. The standard InChI is InChI=1S/C14H15N5S/c1-9-3-5-11(6-4-9)13-12(7-15)17-18-19(13)14-16-10(2)8-20-14/h3-6,8H,7,15H2,1-2H3. The van der Waals surface area contributed by atoms with Crippen molar-refractivity contribution in [3.63, 3.8) is 0 Å².